The normalized spacial score (nSPS) is 20.0. The van der Waals surface area contributed by atoms with Crippen LogP contribution in [0.15, 0.2) is 33.7 Å². The zero-order chi connectivity index (χ0) is 15.5. The van der Waals surface area contributed by atoms with Gasteiger partial charge in [-0.3, -0.25) is 4.90 Å². The lowest BCUT2D eigenvalue weighted by atomic mass is 10.2. The highest BCUT2D eigenvalue weighted by Gasteiger charge is 2.26. The molecule has 2 atom stereocenters. The maximum atomic E-state index is 6.20. The molecule has 0 amide bonds. The summed E-state index contributed by atoms with van der Waals surface area (Å²) < 4.78 is 5.46. The minimum Gasteiger partial charge on any atom is -0.338 e. The average molecular weight is 375 g/mol. The highest BCUT2D eigenvalue weighted by atomic mass is 35.5. The topological polar surface area (TPSA) is 54.2 Å². The zero-order valence-corrected chi connectivity index (χ0v) is 15.4. The third-order valence-electron chi connectivity index (χ3n) is 3.75. The van der Waals surface area contributed by atoms with Gasteiger partial charge in [-0.25, -0.2) is 0 Å². The number of thioether (sulfide) groups is 1. The molecular formula is C15H20Cl2N4OS. The first kappa shape index (κ1) is 18.5. The molecule has 126 valence electrons. The molecule has 23 heavy (non-hydrogen) atoms. The van der Waals surface area contributed by atoms with Gasteiger partial charge >= 0.3 is 0 Å². The van der Waals surface area contributed by atoms with Crippen molar-refractivity contribution in [2.45, 2.75) is 23.1 Å². The third-order valence-corrected chi connectivity index (χ3v) is 5.36. The van der Waals surface area contributed by atoms with Crippen molar-refractivity contribution >= 4 is 35.8 Å². The number of hydrogen-bond acceptors (Lipinski definition) is 6. The first-order valence-corrected chi connectivity index (χ1v) is 8.56. The van der Waals surface area contributed by atoms with Crippen molar-refractivity contribution in [1.82, 2.24) is 20.4 Å². The van der Waals surface area contributed by atoms with Gasteiger partial charge in [-0.1, -0.05) is 28.9 Å². The van der Waals surface area contributed by atoms with E-state index in [-0.39, 0.29) is 23.7 Å². The van der Waals surface area contributed by atoms with E-state index in [2.05, 4.69) is 27.4 Å². The number of piperazine rings is 1. The fourth-order valence-corrected chi connectivity index (χ4v) is 3.61. The summed E-state index contributed by atoms with van der Waals surface area (Å²) in [5.41, 5.74) is 0. The van der Waals surface area contributed by atoms with Crippen molar-refractivity contribution < 1.29 is 4.52 Å². The fourth-order valence-electron chi connectivity index (χ4n) is 2.42. The second-order valence-electron chi connectivity index (χ2n) is 5.38. The highest BCUT2D eigenvalue weighted by molar-refractivity contribution is 7.99. The number of nitrogens with one attached hydrogen (secondary N) is 1. The molecule has 0 saturated carbocycles. The second kappa shape index (κ2) is 8.35. The standard InChI is InChI=1S/C15H19ClN4OS.ClH/c1-10(22-13-6-4-3-5-11(13)16)15-18-14(19-21-15)12-9-17-7-8-20(12)2;/h3-6,10,12,17H,7-9H2,1-2H3;1H. The predicted octanol–water partition coefficient (Wildman–Crippen LogP) is 3.57. The molecule has 3 rings (SSSR count). The molecule has 1 N–H and O–H groups in total. The molecule has 1 saturated heterocycles. The van der Waals surface area contributed by atoms with Crippen LogP contribution in [0.4, 0.5) is 0 Å². The van der Waals surface area contributed by atoms with E-state index in [0.29, 0.717) is 5.89 Å². The molecule has 8 heteroatoms. The Morgan fingerprint density at radius 1 is 1.43 bits per heavy atom. The molecule has 0 spiro atoms. The van der Waals surface area contributed by atoms with Crippen LogP contribution in [0.1, 0.15) is 29.9 Å². The van der Waals surface area contributed by atoms with E-state index in [1.807, 2.05) is 31.2 Å². The first-order chi connectivity index (χ1) is 10.6. The summed E-state index contributed by atoms with van der Waals surface area (Å²) >= 11 is 7.83. The SMILES string of the molecule is CC(Sc1ccccc1Cl)c1nc(C2CNCCN2C)no1.Cl. The molecule has 2 unspecified atom stereocenters. The number of hydrogen-bond donors (Lipinski definition) is 1. The fraction of sp³-hybridized carbons (Fsp3) is 0.467. The van der Waals surface area contributed by atoms with Crippen molar-refractivity contribution in [3.8, 4) is 0 Å². The van der Waals surface area contributed by atoms with Crippen molar-refractivity contribution in [1.29, 1.82) is 0 Å². The smallest absolute Gasteiger partial charge is 0.239 e. The molecule has 0 aliphatic carbocycles. The van der Waals surface area contributed by atoms with Crippen LogP contribution in [-0.2, 0) is 0 Å². The molecule has 1 aliphatic rings. The molecule has 1 fully saturated rings. The van der Waals surface area contributed by atoms with Crippen LogP contribution in [0.5, 0.6) is 0 Å². The van der Waals surface area contributed by atoms with E-state index >= 15 is 0 Å². The van der Waals surface area contributed by atoms with E-state index in [9.17, 15) is 0 Å². The quantitative estimate of drug-likeness (QED) is 0.825. The number of halogens is 2. The van der Waals surface area contributed by atoms with E-state index in [1.165, 1.54) is 0 Å². The van der Waals surface area contributed by atoms with Gasteiger partial charge in [-0.15, -0.1) is 24.2 Å². The maximum Gasteiger partial charge on any atom is 0.239 e. The van der Waals surface area contributed by atoms with Crippen molar-refractivity contribution in [3.05, 3.63) is 41.0 Å². The highest BCUT2D eigenvalue weighted by Crippen LogP contribution is 2.37. The number of nitrogens with zero attached hydrogens (tertiary/aromatic N) is 3. The van der Waals surface area contributed by atoms with Crippen LogP contribution in [0.3, 0.4) is 0 Å². The van der Waals surface area contributed by atoms with Gasteiger partial charge in [0.2, 0.25) is 5.89 Å². The van der Waals surface area contributed by atoms with E-state index in [0.717, 1.165) is 35.4 Å². The predicted molar refractivity (Wildman–Crippen MR) is 95.5 cm³/mol. The zero-order valence-electron chi connectivity index (χ0n) is 13.0. The number of likely N-dealkylation sites (N-methyl/N-ethyl adjacent to an activating group) is 1. The molecule has 1 aliphatic heterocycles. The summed E-state index contributed by atoms with van der Waals surface area (Å²) in [6.07, 6.45) is 0. The Bertz CT molecular complexity index is 639. The number of benzene rings is 1. The Morgan fingerprint density at radius 3 is 2.96 bits per heavy atom. The molecule has 1 aromatic heterocycles. The van der Waals surface area contributed by atoms with Gasteiger partial charge in [-0.2, -0.15) is 4.98 Å². The van der Waals surface area contributed by atoms with Gasteiger partial charge < -0.3 is 9.84 Å². The Morgan fingerprint density at radius 2 is 2.22 bits per heavy atom. The average Bonchev–Trinajstić information content (AvgIpc) is 3.00. The maximum absolute atomic E-state index is 6.20. The van der Waals surface area contributed by atoms with E-state index in [1.54, 1.807) is 11.8 Å². The Hall–Kier alpha value is -0.790. The summed E-state index contributed by atoms with van der Waals surface area (Å²) in [6.45, 7) is 4.88. The van der Waals surface area contributed by atoms with Gasteiger partial charge in [-0.05, 0) is 26.1 Å². The largest absolute Gasteiger partial charge is 0.338 e. The minimum absolute atomic E-state index is 0. The minimum atomic E-state index is 0. The van der Waals surface area contributed by atoms with E-state index < -0.39 is 0 Å². The summed E-state index contributed by atoms with van der Waals surface area (Å²) in [4.78, 5) is 7.85. The van der Waals surface area contributed by atoms with Crippen molar-refractivity contribution in [2.24, 2.45) is 0 Å². The van der Waals surface area contributed by atoms with Crippen LogP contribution in [0, 0.1) is 0 Å². The van der Waals surface area contributed by atoms with Crippen LogP contribution >= 0.6 is 35.8 Å². The monoisotopic (exact) mass is 374 g/mol. The molecule has 2 heterocycles. The molecular weight excluding hydrogens is 355 g/mol. The lowest BCUT2D eigenvalue weighted by Crippen LogP contribution is -2.44. The van der Waals surface area contributed by atoms with Gasteiger partial charge in [0, 0.05) is 24.5 Å². The van der Waals surface area contributed by atoms with Crippen LogP contribution in [-0.4, -0.2) is 41.7 Å². The third kappa shape index (κ3) is 4.39. The Kier molecular flexibility index (Phi) is 6.73. The lowest BCUT2D eigenvalue weighted by molar-refractivity contribution is 0.190. The number of rotatable bonds is 4. The van der Waals surface area contributed by atoms with Crippen LogP contribution in [0.2, 0.25) is 5.02 Å². The van der Waals surface area contributed by atoms with Gasteiger partial charge in [0.05, 0.1) is 16.3 Å². The van der Waals surface area contributed by atoms with Gasteiger partial charge in [0.25, 0.3) is 0 Å². The van der Waals surface area contributed by atoms with Crippen molar-refractivity contribution in [3.63, 3.8) is 0 Å². The summed E-state index contributed by atoms with van der Waals surface area (Å²) in [7, 11) is 2.09. The number of aromatic nitrogens is 2. The molecule has 2 aromatic rings. The lowest BCUT2D eigenvalue weighted by Gasteiger charge is -2.30. The van der Waals surface area contributed by atoms with Crippen LogP contribution < -0.4 is 5.32 Å². The van der Waals surface area contributed by atoms with Crippen molar-refractivity contribution in [2.75, 3.05) is 26.7 Å². The summed E-state index contributed by atoms with van der Waals surface area (Å²) in [5.74, 6) is 1.38. The van der Waals surface area contributed by atoms with Gasteiger partial charge in [0.15, 0.2) is 5.82 Å². The molecule has 0 radical (unpaired) electrons. The van der Waals surface area contributed by atoms with Crippen LogP contribution in [0.25, 0.3) is 0 Å². The Labute approximate surface area is 151 Å². The van der Waals surface area contributed by atoms with E-state index in [4.69, 9.17) is 16.1 Å². The summed E-state index contributed by atoms with van der Waals surface area (Å²) in [5, 5.41) is 8.33. The summed E-state index contributed by atoms with van der Waals surface area (Å²) in [6, 6.07) is 7.96. The molecule has 1 aromatic carbocycles. The van der Waals surface area contributed by atoms with Gasteiger partial charge in [0.1, 0.15) is 0 Å². The second-order valence-corrected chi connectivity index (χ2v) is 7.17. The molecule has 5 nitrogen and oxygen atoms in total. The Balaban J connectivity index is 0.00000192. The molecule has 0 bridgehead atoms. The first-order valence-electron chi connectivity index (χ1n) is 7.31.